The van der Waals surface area contributed by atoms with Crippen LogP contribution < -0.4 is 10.0 Å². The molecule has 19 heavy (non-hydrogen) atoms. The Kier molecular flexibility index (Phi) is 4.23. The van der Waals surface area contributed by atoms with E-state index in [2.05, 4.69) is 20.2 Å². The second-order valence-corrected chi connectivity index (χ2v) is 7.09. The molecule has 0 radical (unpaired) electrons. The fourth-order valence-corrected chi connectivity index (χ4v) is 4.14. The Morgan fingerprint density at radius 2 is 2.26 bits per heavy atom. The van der Waals surface area contributed by atoms with Crippen molar-refractivity contribution < 1.29 is 8.42 Å². The zero-order valence-corrected chi connectivity index (χ0v) is 12.4. The molecule has 2 heterocycles. The van der Waals surface area contributed by atoms with Crippen LogP contribution in [0.3, 0.4) is 0 Å². The van der Waals surface area contributed by atoms with E-state index < -0.39 is 10.0 Å². The van der Waals surface area contributed by atoms with Crippen LogP contribution >= 0.6 is 11.3 Å². The van der Waals surface area contributed by atoms with Crippen LogP contribution in [0.1, 0.15) is 17.4 Å². The Bertz CT molecular complexity index is 632. The molecule has 0 spiro atoms. The maximum atomic E-state index is 12.2. The topological polar surface area (TPSA) is 86.9 Å². The molecule has 0 amide bonds. The summed E-state index contributed by atoms with van der Waals surface area (Å²) in [5.74, 6) is 0. The predicted octanol–water partition coefficient (Wildman–Crippen LogP) is 1.69. The van der Waals surface area contributed by atoms with Crippen LogP contribution in [0.25, 0.3) is 0 Å². The first-order valence-corrected chi connectivity index (χ1v) is 8.14. The number of rotatable bonds is 6. The average molecular weight is 300 g/mol. The summed E-state index contributed by atoms with van der Waals surface area (Å²) in [7, 11) is -3.53. The third-order valence-electron chi connectivity index (χ3n) is 2.55. The molecule has 2 aromatic heterocycles. The number of anilines is 1. The van der Waals surface area contributed by atoms with Crippen molar-refractivity contribution in [1.29, 1.82) is 0 Å². The monoisotopic (exact) mass is 300 g/mol. The van der Waals surface area contributed by atoms with Gasteiger partial charge in [0.25, 0.3) is 10.0 Å². The molecule has 0 aliphatic heterocycles. The van der Waals surface area contributed by atoms with Gasteiger partial charge in [0, 0.05) is 17.6 Å². The van der Waals surface area contributed by atoms with E-state index in [1.807, 2.05) is 13.8 Å². The highest BCUT2D eigenvalue weighted by molar-refractivity contribution is 7.94. The summed E-state index contributed by atoms with van der Waals surface area (Å²) < 4.78 is 27.2. The van der Waals surface area contributed by atoms with Crippen molar-refractivity contribution in [2.75, 3.05) is 11.3 Å². The molecular formula is C11H16N4O2S2. The Hall–Kier alpha value is -1.38. The molecule has 0 aliphatic rings. The van der Waals surface area contributed by atoms with E-state index in [0.717, 1.165) is 17.0 Å². The van der Waals surface area contributed by atoms with E-state index in [1.165, 1.54) is 23.7 Å². The zero-order valence-electron chi connectivity index (χ0n) is 10.7. The summed E-state index contributed by atoms with van der Waals surface area (Å²) in [6.07, 6.45) is 2.93. The van der Waals surface area contributed by atoms with Crippen molar-refractivity contribution in [3.05, 3.63) is 28.9 Å². The van der Waals surface area contributed by atoms with E-state index in [1.54, 1.807) is 6.07 Å². The lowest BCUT2D eigenvalue weighted by molar-refractivity contribution is 0.603. The lowest BCUT2D eigenvalue weighted by Crippen LogP contribution is -2.11. The third kappa shape index (κ3) is 3.34. The number of aryl methyl sites for hydroxylation is 1. The summed E-state index contributed by atoms with van der Waals surface area (Å²) in [5, 5.41) is 9.47. The van der Waals surface area contributed by atoms with Crippen LogP contribution in [-0.2, 0) is 16.6 Å². The highest BCUT2D eigenvalue weighted by Gasteiger charge is 2.19. The van der Waals surface area contributed by atoms with Crippen LogP contribution in [0, 0.1) is 6.92 Å². The average Bonchev–Trinajstić information content (AvgIpc) is 2.96. The fourth-order valence-electron chi connectivity index (χ4n) is 1.55. The number of hydrogen-bond acceptors (Lipinski definition) is 5. The molecule has 0 atom stereocenters. The number of aromatic amines is 1. The highest BCUT2D eigenvalue weighted by Crippen LogP contribution is 2.27. The smallest absolute Gasteiger partial charge is 0.271 e. The normalized spacial score (nSPS) is 11.7. The highest BCUT2D eigenvalue weighted by atomic mass is 32.2. The Morgan fingerprint density at radius 1 is 1.47 bits per heavy atom. The first-order valence-electron chi connectivity index (χ1n) is 5.84. The molecule has 0 bridgehead atoms. The molecule has 0 saturated carbocycles. The third-order valence-corrected chi connectivity index (χ3v) is 5.64. The molecule has 2 aromatic rings. The van der Waals surface area contributed by atoms with E-state index >= 15 is 0 Å². The summed E-state index contributed by atoms with van der Waals surface area (Å²) in [6, 6.07) is 1.69. The van der Waals surface area contributed by atoms with Crippen LogP contribution in [0.2, 0.25) is 0 Å². The number of thiophene rings is 1. The number of H-pyrrole nitrogens is 1. The maximum absolute atomic E-state index is 12.2. The molecule has 8 heteroatoms. The van der Waals surface area contributed by atoms with Crippen molar-refractivity contribution in [3.8, 4) is 0 Å². The van der Waals surface area contributed by atoms with Gasteiger partial charge in [0.15, 0.2) is 0 Å². The molecule has 0 aliphatic carbocycles. The minimum Gasteiger partial charge on any atom is -0.312 e. The number of nitrogens with one attached hydrogen (secondary N) is 3. The predicted molar refractivity (Wildman–Crippen MR) is 75.8 cm³/mol. The largest absolute Gasteiger partial charge is 0.312 e. The minimum atomic E-state index is -3.53. The second kappa shape index (κ2) is 5.72. The van der Waals surface area contributed by atoms with E-state index in [0.29, 0.717) is 16.4 Å². The van der Waals surface area contributed by atoms with Gasteiger partial charge in [0.2, 0.25) is 0 Å². The summed E-state index contributed by atoms with van der Waals surface area (Å²) in [5.41, 5.74) is 1.41. The van der Waals surface area contributed by atoms with Gasteiger partial charge in [0.05, 0.1) is 11.9 Å². The molecule has 0 fully saturated rings. The molecule has 104 valence electrons. The summed E-state index contributed by atoms with van der Waals surface area (Å²) >= 11 is 1.28. The van der Waals surface area contributed by atoms with Crippen molar-refractivity contribution in [2.45, 2.75) is 24.6 Å². The minimum absolute atomic E-state index is 0.319. The van der Waals surface area contributed by atoms with Crippen LogP contribution in [-0.4, -0.2) is 25.2 Å². The Balaban J connectivity index is 2.21. The van der Waals surface area contributed by atoms with Gasteiger partial charge in [-0.05, 0) is 25.1 Å². The molecule has 6 nitrogen and oxygen atoms in total. The van der Waals surface area contributed by atoms with Crippen molar-refractivity contribution in [2.24, 2.45) is 0 Å². The molecule has 3 N–H and O–H groups in total. The zero-order chi connectivity index (χ0) is 13.9. The quantitative estimate of drug-likeness (QED) is 0.757. The molecule has 0 unspecified atom stereocenters. The number of aromatic nitrogens is 2. The standard InChI is InChI=1S/C11H16N4O2S2/c1-3-12-7-10-8(2)4-11(18-10)19(16,17)15-9-5-13-14-6-9/h4-6,12,15H,3,7H2,1-2H3,(H,13,14). The van der Waals surface area contributed by atoms with Crippen LogP contribution in [0.15, 0.2) is 22.7 Å². The van der Waals surface area contributed by atoms with Crippen LogP contribution in [0.5, 0.6) is 0 Å². The van der Waals surface area contributed by atoms with Gasteiger partial charge in [-0.3, -0.25) is 9.82 Å². The van der Waals surface area contributed by atoms with Crippen molar-refractivity contribution >= 4 is 27.0 Å². The second-order valence-electron chi connectivity index (χ2n) is 4.04. The molecule has 0 saturated heterocycles. The van der Waals surface area contributed by atoms with Crippen molar-refractivity contribution in [3.63, 3.8) is 0 Å². The van der Waals surface area contributed by atoms with Gasteiger partial charge in [-0.1, -0.05) is 6.92 Å². The Labute approximate surface area is 116 Å². The fraction of sp³-hybridized carbons (Fsp3) is 0.364. The number of nitrogens with zero attached hydrogens (tertiary/aromatic N) is 1. The summed E-state index contributed by atoms with van der Waals surface area (Å²) in [4.78, 5) is 1.04. The van der Waals surface area contributed by atoms with E-state index in [4.69, 9.17) is 0 Å². The lowest BCUT2D eigenvalue weighted by atomic mass is 10.3. The lowest BCUT2D eigenvalue weighted by Gasteiger charge is -2.02. The van der Waals surface area contributed by atoms with E-state index in [-0.39, 0.29) is 0 Å². The van der Waals surface area contributed by atoms with Gasteiger partial charge in [0.1, 0.15) is 4.21 Å². The number of hydrogen-bond donors (Lipinski definition) is 3. The summed E-state index contributed by atoms with van der Waals surface area (Å²) in [6.45, 7) is 5.47. The van der Waals surface area contributed by atoms with Gasteiger partial charge < -0.3 is 5.32 Å². The van der Waals surface area contributed by atoms with Gasteiger partial charge in [-0.25, -0.2) is 8.42 Å². The molecular weight excluding hydrogens is 284 g/mol. The van der Waals surface area contributed by atoms with Gasteiger partial charge >= 0.3 is 0 Å². The molecule has 2 rings (SSSR count). The first kappa shape index (κ1) is 14.0. The van der Waals surface area contributed by atoms with Gasteiger partial charge in [-0.2, -0.15) is 5.10 Å². The first-order chi connectivity index (χ1) is 9.03. The Morgan fingerprint density at radius 3 is 2.89 bits per heavy atom. The number of sulfonamides is 1. The maximum Gasteiger partial charge on any atom is 0.271 e. The molecule has 0 aromatic carbocycles. The van der Waals surface area contributed by atoms with Gasteiger partial charge in [-0.15, -0.1) is 11.3 Å². The SMILES string of the molecule is CCNCc1sc(S(=O)(=O)Nc2cn[nH]c2)cc1C. The van der Waals surface area contributed by atoms with Crippen molar-refractivity contribution in [1.82, 2.24) is 15.5 Å². The van der Waals surface area contributed by atoms with E-state index in [9.17, 15) is 8.42 Å². The van der Waals surface area contributed by atoms with Crippen LogP contribution in [0.4, 0.5) is 5.69 Å².